The minimum Gasteiger partial charge on any atom is -0.332 e. The molecule has 0 saturated carbocycles. The molecule has 2 rings (SSSR count). The minimum atomic E-state index is -0.266. The largest absolute Gasteiger partial charge is 0.332 e. The van der Waals surface area contributed by atoms with Crippen molar-refractivity contribution in [1.29, 1.82) is 0 Å². The summed E-state index contributed by atoms with van der Waals surface area (Å²) in [7, 11) is 0. The summed E-state index contributed by atoms with van der Waals surface area (Å²) in [6.07, 6.45) is 0. The van der Waals surface area contributed by atoms with Crippen LogP contribution in [0.15, 0.2) is 36.4 Å². The molecule has 2 N–H and O–H groups in total. The fourth-order valence-electron chi connectivity index (χ4n) is 1.77. The third-order valence-electron chi connectivity index (χ3n) is 2.88. The fraction of sp³-hybridized carbons (Fsp3) is 0.133. The van der Waals surface area contributed by atoms with Crippen LogP contribution in [0.3, 0.4) is 0 Å². The third kappa shape index (κ3) is 3.68. The van der Waals surface area contributed by atoms with Crippen LogP contribution >= 0.6 is 23.8 Å². The first-order chi connectivity index (χ1) is 9.45. The van der Waals surface area contributed by atoms with E-state index in [4.69, 9.17) is 23.8 Å². The second kappa shape index (κ2) is 6.20. The van der Waals surface area contributed by atoms with Crippen LogP contribution in [0.25, 0.3) is 0 Å². The average Bonchev–Trinajstić information content (AvgIpc) is 2.37. The van der Waals surface area contributed by atoms with Gasteiger partial charge in [0, 0.05) is 16.4 Å². The van der Waals surface area contributed by atoms with Gasteiger partial charge in [0.2, 0.25) is 0 Å². The van der Waals surface area contributed by atoms with E-state index >= 15 is 0 Å². The van der Waals surface area contributed by atoms with E-state index < -0.39 is 0 Å². The Morgan fingerprint density at radius 1 is 1.00 bits per heavy atom. The van der Waals surface area contributed by atoms with Gasteiger partial charge >= 0.3 is 0 Å². The number of benzene rings is 2. The highest BCUT2D eigenvalue weighted by atomic mass is 35.5. The Hall–Kier alpha value is -1.65. The van der Waals surface area contributed by atoms with Crippen molar-refractivity contribution in [3.63, 3.8) is 0 Å². The predicted molar refractivity (Wildman–Crippen MR) is 87.2 cm³/mol. The second-order valence-corrected chi connectivity index (χ2v) is 5.34. The summed E-state index contributed by atoms with van der Waals surface area (Å²) in [5.74, 6) is -0.266. The quantitative estimate of drug-likeness (QED) is 0.771. The topological polar surface area (TPSA) is 24.1 Å². The van der Waals surface area contributed by atoms with Gasteiger partial charge in [-0.25, -0.2) is 4.39 Å². The predicted octanol–water partition coefficient (Wildman–Crippen LogP) is 4.90. The summed E-state index contributed by atoms with van der Waals surface area (Å²) in [6, 6.07) is 10.0. The van der Waals surface area contributed by atoms with Crippen molar-refractivity contribution in [1.82, 2.24) is 0 Å². The average molecular weight is 309 g/mol. The van der Waals surface area contributed by atoms with Crippen molar-refractivity contribution in [3.8, 4) is 0 Å². The highest BCUT2D eigenvalue weighted by molar-refractivity contribution is 7.80. The summed E-state index contributed by atoms with van der Waals surface area (Å²) in [4.78, 5) is 0. The maximum absolute atomic E-state index is 13.0. The standard InChI is InChI=1S/C15H14ClFN2S/c1-9-3-4-11(16)8-14(9)19-15(20)18-13-6-5-12(17)7-10(13)2/h3-8H,1-2H3,(H2,18,19,20). The molecule has 0 radical (unpaired) electrons. The number of thiocarbonyl (C=S) groups is 1. The highest BCUT2D eigenvalue weighted by Gasteiger charge is 2.05. The summed E-state index contributed by atoms with van der Waals surface area (Å²) in [5, 5.41) is 7.20. The first-order valence-electron chi connectivity index (χ1n) is 6.06. The lowest BCUT2D eigenvalue weighted by atomic mass is 10.2. The van der Waals surface area contributed by atoms with Gasteiger partial charge < -0.3 is 10.6 Å². The van der Waals surface area contributed by atoms with E-state index in [9.17, 15) is 4.39 Å². The van der Waals surface area contributed by atoms with Gasteiger partial charge in [-0.15, -0.1) is 0 Å². The molecule has 0 aliphatic carbocycles. The number of nitrogens with one attached hydrogen (secondary N) is 2. The lowest BCUT2D eigenvalue weighted by molar-refractivity contribution is 0.627. The third-order valence-corrected chi connectivity index (χ3v) is 3.32. The Labute approximate surface area is 128 Å². The zero-order valence-corrected chi connectivity index (χ0v) is 12.7. The van der Waals surface area contributed by atoms with Gasteiger partial charge in [0.15, 0.2) is 5.11 Å². The van der Waals surface area contributed by atoms with E-state index in [1.165, 1.54) is 12.1 Å². The molecule has 2 aromatic rings. The molecule has 5 heteroatoms. The SMILES string of the molecule is Cc1cc(F)ccc1NC(=S)Nc1cc(Cl)ccc1C. The maximum Gasteiger partial charge on any atom is 0.175 e. The van der Waals surface area contributed by atoms with Gasteiger partial charge in [0.25, 0.3) is 0 Å². The van der Waals surface area contributed by atoms with E-state index in [2.05, 4.69) is 10.6 Å². The Morgan fingerprint density at radius 2 is 1.70 bits per heavy atom. The van der Waals surface area contributed by atoms with Gasteiger partial charge in [0.1, 0.15) is 5.82 Å². The highest BCUT2D eigenvalue weighted by Crippen LogP contribution is 2.21. The fourth-order valence-corrected chi connectivity index (χ4v) is 2.16. The van der Waals surface area contributed by atoms with Crippen LogP contribution in [0, 0.1) is 19.7 Å². The Kier molecular flexibility index (Phi) is 4.57. The Balaban J connectivity index is 2.11. The molecule has 0 unspecified atom stereocenters. The Bertz CT molecular complexity index is 658. The molecule has 0 saturated heterocycles. The smallest absolute Gasteiger partial charge is 0.175 e. The van der Waals surface area contributed by atoms with Crippen molar-refractivity contribution in [2.24, 2.45) is 0 Å². The molecular formula is C15H14ClFN2S. The molecule has 0 fully saturated rings. The van der Waals surface area contributed by atoms with Crippen molar-refractivity contribution >= 4 is 40.3 Å². The summed E-state index contributed by atoms with van der Waals surface area (Å²) in [6.45, 7) is 3.78. The minimum absolute atomic E-state index is 0.266. The van der Waals surface area contributed by atoms with Crippen LogP contribution in [0.1, 0.15) is 11.1 Å². The molecule has 0 spiro atoms. The molecule has 2 nitrogen and oxygen atoms in total. The lowest BCUT2D eigenvalue weighted by Crippen LogP contribution is -2.20. The molecular weight excluding hydrogens is 295 g/mol. The molecule has 0 heterocycles. The van der Waals surface area contributed by atoms with Crippen LogP contribution in [0.2, 0.25) is 5.02 Å². The van der Waals surface area contributed by atoms with E-state index in [1.54, 1.807) is 6.07 Å². The van der Waals surface area contributed by atoms with Crippen LogP contribution in [0.5, 0.6) is 0 Å². The molecule has 0 amide bonds. The van der Waals surface area contributed by atoms with Crippen molar-refractivity contribution in [3.05, 3.63) is 58.4 Å². The number of hydrogen-bond donors (Lipinski definition) is 2. The molecule has 0 aromatic heterocycles. The number of hydrogen-bond acceptors (Lipinski definition) is 1. The van der Waals surface area contributed by atoms with Crippen LogP contribution in [-0.2, 0) is 0 Å². The molecule has 0 aliphatic rings. The van der Waals surface area contributed by atoms with Crippen LogP contribution in [-0.4, -0.2) is 5.11 Å². The van der Waals surface area contributed by atoms with E-state index in [1.807, 2.05) is 32.0 Å². The molecule has 0 atom stereocenters. The number of rotatable bonds is 2. The lowest BCUT2D eigenvalue weighted by Gasteiger charge is -2.14. The van der Waals surface area contributed by atoms with Crippen molar-refractivity contribution in [2.45, 2.75) is 13.8 Å². The first kappa shape index (κ1) is 14.8. The zero-order valence-electron chi connectivity index (χ0n) is 11.1. The van der Waals surface area contributed by atoms with Gasteiger partial charge in [-0.2, -0.15) is 0 Å². The van der Waals surface area contributed by atoms with Gasteiger partial charge in [-0.05, 0) is 67.5 Å². The van der Waals surface area contributed by atoms with Crippen LogP contribution in [0.4, 0.5) is 15.8 Å². The molecule has 20 heavy (non-hydrogen) atoms. The number of halogens is 2. The van der Waals surface area contributed by atoms with Gasteiger partial charge in [-0.1, -0.05) is 17.7 Å². The molecule has 0 bridgehead atoms. The zero-order chi connectivity index (χ0) is 14.7. The number of aryl methyl sites for hydroxylation is 2. The second-order valence-electron chi connectivity index (χ2n) is 4.50. The van der Waals surface area contributed by atoms with Crippen molar-refractivity contribution < 1.29 is 4.39 Å². The monoisotopic (exact) mass is 308 g/mol. The summed E-state index contributed by atoms with van der Waals surface area (Å²) in [5.41, 5.74) is 3.43. The number of anilines is 2. The normalized spacial score (nSPS) is 10.2. The van der Waals surface area contributed by atoms with Crippen LogP contribution < -0.4 is 10.6 Å². The maximum atomic E-state index is 13.0. The molecule has 2 aromatic carbocycles. The Morgan fingerprint density at radius 3 is 2.40 bits per heavy atom. The van der Waals surface area contributed by atoms with Crippen molar-refractivity contribution in [2.75, 3.05) is 10.6 Å². The molecule has 104 valence electrons. The first-order valence-corrected chi connectivity index (χ1v) is 6.84. The molecule has 0 aliphatic heterocycles. The summed E-state index contributed by atoms with van der Waals surface area (Å²) >= 11 is 11.2. The van der Waals surface area contributed by atoms with E-state index in [-0.39, 0.29) is 5.82 Å². The van der Waals surface area contributed by atoms with Gasteiger partial charge in [0.05, 0.1) is 0 Å². The van der Waals surface area contributed by atoms with Gasteiger partial charge in [-0.3, -0.25) is 0 Å². The summed E-state index contributed by atoms with van der Waals surface area (Å²) < 4.78 is 13.0. The van der Waals surface area contributed by atoms with E-state index in [0.717, 1.165) is 22.5 Å². The van der Waals surface area contributed by atoms with E-state index in [0.29, 0.717) is 10.1 Å².